The lowest BCUT2D eigenvalue weighted by molar-refractivity contribution is -0.148. The second-order valence-electron chi connectivity index (χ2n) is 11.7. The Balaban J connectivity index is 1.96. The Morgan fingerprint density at radius 2 is 1.62 bits per heavy atom. The van der Waals surface area contributed by atoms with Crippen molar-refractivity contribution in [3.8, 4) is 12.3 Å². The number of hydrogen-bond acceptors (Lipinski definition) is 4. The average Bonchev–Trinajstić information content (AvgIpc) is 2.80. The number of terminal acetylenes is 1. The van der Waals surface area contributed by atoms with E-state index in [0.29, 0.717) is 11.1 Å². The summed E-state index contributed by atoms with van der Waals surface area (Å²) in [7, 11) is 0. The minimum absolute atomic E-state index is 0.0800. The molecular formula is C30H43N3O4. The van der Waals surface area contributed by atoms with Crippen molar-refractivity contribution in [3.05, 3.63) is 35.4 Å². The lowest BCUT2D eigenvalue weighted by atomic mass is 9.87. The first-order valence-corrected chi connectivity index (χ1v) is 13.7. The zero-order valence-electron chi connectivity index (χ0n) is 23.0. The molecule has 2 N–H and O–H groups in total. The molecule has 0 aromatic heterocycles. The number of alkyl carbamates (subject to hydrolysis) is 1. The normalized spacial score (nSPS) is 18.2. The molecule has 0 aliphatic heterocycles. The van der Waals surface area contributed by atoms with Gasteiger partial charge in [-0.1, -0.05) is 51.2 Å². The Labute approximate surface area is 222 Å². The summed E-state index contributed by atoms with van der Waals surface area (Å²) >= 11 is 0. The quantitative estimate of drug-likeness (QED) is 0.478. The number of hydrogen-bond donors (Lipinski definition) is 2. The van der Waals surface area contributed by atoms with Gasteiger partial charge in [0.25, 0.3) is 0 Å². The molecule has 7 heteroatoms. The Kier molecular flexibility index (Phi) is 9.64. The van der Waals surface area contributed by atoms with Crippen molar-refractivity contribution in [2.45, 2.75) is 116 Å². The summed E-state index contributed by atoms with van der Waals surface area (Å²) in [6.45, 7) is 9.12. The van der Waals surface area contributed by atoms with Crippen LogP contribution >= 0.6 is 0 Å². The van der Waals surface area contributed by atoms with E-state index in [-0.39, 0.29) is 29.8 Å². The van der Waals surface area contributed by atoms with Crippen LogP contribution in [0.4, 0.5) is 4.79 Å². The van der Waals surface area contributed by atoms with Gasteiger partial charge in [-0.05, 0) is 76.5 Å². The second kappa shape index (κ2) is 12.5. The van der Waals surface area contributed by atoms with Crippen molar-refractivity contribution in [2.24, 2.45) is 5.92 Å². The summed E-state index contributed by atoms with van der Waals surface area (Å²) in [6, 6.07) is 5.67. The van der Waals surface area contributed by atoms with Gasteiger partial charge in [0.15, 0.2) is 0 Å². The third-order valence-corrected chi connectivity index (χ3v) is 7.20. The fourth-order valence-corrected chi connectivity index (χ4v) is 5.02. The summed E-state index contributed by atoms with van der Waals surface area (Å²) in [5, 5.41) is 6.03. The van der Waals surface area contributed by atoms with E-state index in [9.17, 15) is 14.4 Å². The maximum Gasteiger partial charge on any atom is 0.408 e. The summed E-state index contributed by atoms with van der Waals surface area (Å²) in [5.74, 6) is 1.97. The van der Waals surface area contributed by atoms with Gasteiger partial charge in [0.1, 0.15) is 17.7 Å². The lowest BCUT2D eigenvalue weighted by Gasteiger charge is -2.44. The number of nitrogens with zero attached hydrogens (tertiary/aromatic N) is 1. The maximum absolute atomic E-state index is 14.2. The Hall–Kier alpha value is -3.01. The molecule has 2 aliphatic rings. The third-order valence-electron chi connectivity index (χ3n) is 7.20. The fourth-order valence-electron chi connectivity index (χ4n) is 5.02. The minimum atomic E-state index is -0.828. The van der Waals surface area contributed by atoms with Crippen LogP contribution in [0, 0.1) is 18.3 Å². The highest BCUT2D eigenvalue weighted by Gasteiger charge is 2.43. The van der Waals surface area contributed by atoms with Gasteiger partial charge in [-0.3, -0.25) is 9.59 Å². The predicted molar refractivity (Wildman–Crippen MR) is 145 cm³/mol. The Morgan fingerprint density at radius 1 is 1.00 bits per heavy atom. The number of carbonyl (C=O) groups is 3. The Morgan fingerprint density at radius 3 is 2.11 bits per heavy atom. The van der Waals surface area contributed by atoms with Crippen LogP contribution in [0.3, 0.4) is 0 Å². The zero-order valence-corrected chi connectivity index (χ0v) is 23.0. The third kappa shape index (κ3) is 7.74. The number of rotatable bonds is 8. The summed E-state index contributed by atoms with van der Waals surface area (Å²) in [4.78, 5) is 42.5. The van der Waals surface area contributed by atoms with Crippen LogP contribution < -0.4 is 10.6 Å². The molecule has 7 nitrogen and oxygen atoms in total. The number of ether oxygens (including phenoxy) is 1. The molecule has 202 valence electrons. The smallest absolute Gasteiger partial charge is 0.408 e. The topological polar surface area (TPSA) is 87.7 Å². The van der Waals surface area contributed by atoms with Gasteiger partial charge < -0.3 is 20.3 Å². The monoisotopic (exact) mass is 509 g/mol. The molecule has 0 heterocycles. The molecule has 2 unspecified atom stereocenters. The van der Waals surface area contributed by atoms with Gasteiger partial charge in [0.05, 0.1) is 0 Å². The van der Waals surface area contributed by atoms with Crippen LogP contribution in [-0.4, -0.2) is 46.5 Å². The molecule has 0 bridgehead atoms. The molecule has 3 rings (SSSR count). The van der Waals surface area contributed by atoms with E-state index >= 15 is 0 Å². The number of benzene rings is 1. The van der Waals surface area contributed by atoms with Crippen LogP contribution in [0.5, 0.6) is 0 Å². The molecule has 3 amide bonds. The maximum atomic E-state index is 14.2. The summed E-state index contributed by atoms with van der Waals surface area (Å²) in [6.07, 6.45) is 12.8. The van der Waals surface area contributed by atoms with Gasteiger partial charge in [-0.2, -0.15) is 0 Å². The lowest BCUT2D eigenvalue weighted by Crippen LogP contribution is -2.59. The van der Waals surface area contributed by atoms with Crippen LogP contribution in [0.25, 0.3) is 0 Å². The van der Waals surface area contributed by atoms with E-state index in [1.165, 1.54) is 6.42 Å². The second-order valence-corrected chi connectivity index (χ2v) is 11.7. The average molecular weight is 510 g/mol. The van der Waals surface area contributed by atoms with Gasteiger partial charge in [-0.25, -0.2) is 4.79 Å². The van der Waals surface area contributed by atoms with E-state index in [1.54, 1.807) is 37.8 Å². The van der Waals surface area contributed by atoms with Crippen LogP contribution in [0.2, 0.25) is 0 Å². The highest BCUT2D eigenvalue weighted by Crippen LogP contribution is 2.35. The fraction of sp³-hybridized carbons (Fsp3) is 0.633. The summed E-state index contributed by atoms with van der Waals surface area (Å²) < 4.78 is 5.45. The number of carbonyl (C=O) groups excluding carboxylic acids is 3. The van der Waals surface area contributed by atoms with E-state index in [2.05, 4.69) is 16.6 Å². The zero-order chi connectivity index (χ0) is 27.2. The van der Waals surface area contributed by atoms with E-state index in [1.807, 2.05) is 26.0 Å². The Bertz CT molecular complexity index is 980. The van der Waals surface area contributed by atoms with Crippen molar-refractivity contribution >= 4 is 17.9 Å². The van der Waals surface area contributed by atoms with E-state index < -0.39 is 23.8 Å². The first-order chi connectivity index (χ1) is 17.5. The molecule has 2 aliphatic carbocycles. The minimum Gasteiger partial charge on any atom is -0.444 e. The standard InChI is InChI=1S/C30H43N3O4/c1-7-21-16-18-22(19-17-21)26(27(34)31-23-12-9-8-10-13-23)33(24-14-11-15-24)28(35)25(20(2)3)32-29(36)37-30(4,5)6/h1,16-20,23-26H,8-15H2,2-6H3,(H,31,34)(H,32,36). The van der Waals surface area contributed by atoms with Crippen LogP contribution in [0.1, 0.15) is 103 Å². The number of nitrogens with one attached hydrogen (secondary N) is 2. The van der Waals surface area contributed by atoms with Crippen molar-refractivity contribution < 1.29 is 19.1 Å². The van der Waals surface area contributed by atoms with Gasteiger partial charge in [-0.15, -0.1) is 6.42 Å². The van der Waals surface area contributed by atoms with Crippen molar-refractivity contribution in [3.63, 3.8) is 0 Å². The van der Waals surface area contributed by atoms with E-state index in [0.717, 1.165) is 44.9 Å². The number of amides is 3. The first kappa shape index (κ1) is 28.6. The molecule has 1 aromatic rings. The van der Waals surface area contributed by atoms with Crippen molar-refractivity contribution in [2.75, 3.05) is 0 Å². The predicted octanol–water partition coefficient (Wildman–Crippen LogP) is 5.09. The summed E-state index contributed by atoms with van der Waals surface area (Å²) in [5.41, 5.74) is 0.736. The van der Waals surface area contributed by atoms with Crippen LogP contribution in [-0.2, 0) is 14.3 Å². The van der Waals surface area contributed by atoms with Crippen molar-refractivity contribution in [1.29, 1.82) is 0 Å². The molecular weight excluding hydrogens is 466 g/mol. The SMILES string of the molecule is C#Cc1ccc(C(C(=O)NC2CCCCC2)N(C(=O)C(NC(=O)OC(C)(C)C)C(C)C)C2CCC2)cc1. The largest absolute Gasteiger partial charge is 0.444 e. The molecule has 0 spiro atoms. The molecule has 0 saturated heterocycles. The van der Waals surface area contributed by atoms with Crippen LogP contribution in [0.15, 0.2) is 24.3 Å². The molecule has 2 fully saturated rings. The van der Waals surface area contributed by atoms with Gasteiger partial charge in [0, 0.05) is 17.6 Å². The van der Waals surface area contributed by atoms with Gasteiger partial charge in [0.2, 0.25) is 11.8 Å². The molecule has 37 heavy (non-hydrogen) atoms. The van der Waals surface area contributed by atoms with E-state index in [4.69, 9.17) is 11.2 Å². The highest BCUT2D eigenvalue weighted by molar-refractivity contribution is 5.92. The van der Waals surface area contributed by atoms with Crippen molar-refractivity contribution in [1.82, 2.24) is 15.5 Å². The highest BCUT2D eigenvalue weighted by atomic mass is 16.6. The molecule has 2 saturated carbocycles. The molecule has 2 atom stereocenters. The molecule has 1 aromatic carbocycles. The molecule has 0 radical (unpaired) electrons. The first-order valence-electron chi connectivity index (χ1n) is 13.7. The van der Waals surface area contributed by atoms with Gasteiger partial charge >= 0.3 is 6.09 Å².